The molecule has 0 saturated heterocycles. The predicted octanol–water partition coefficient (Wildman–Crippen LogP) is 5.61. The van der Waals surface area contributed by atoms with Gasteiger partial charge in [0.25, 0.3) is 0 Å². The van der Waals surface area contributed by atoms with Gasteiger partial charge in [0.1, 0.15) is 0 Å². The van der Waals surface area contributed by atoms with Crippen LogP contribution in [-0.4, -0.2) is 51.3 Å². The highest BCUT2D eigenvalue weighted by Gasteiger charge is 2.58. The van der Waals surface area contributed by atoms with E-state index in [4.69, 9.17) is 5.11 Å². The highest BCUT2D eigenvalue weighted by Crippen LogP contribution is 2.64. The second-order valence-electron chi connectivity index (χ2n) is 11.4. The Morgan fingerprint density at radius 1 is 1.06 bits per heavy atom. The summed E-state index contributed by atoms with van der Waals surface area (Å²) >= 11 is 0. The van der Waals surface area contributed by atoms with Gasteiger partial charge in [0.05, 0.1) is 5.60 Å². The zero-order chi connectivity index (χ0) is 24.8. The maximum absolute atomic E-state index is 12.3. The molecule has 4 aliphatic carbocycles. The van der Waals surface area contributed by atoms with Crippen LogP contribution in [0, 0.1) is 17.3 Å². The van der Waals surface area contributed by atoms with Crippen molar-refractivity contribution in [3.05, 3.63) is 65.5 Å². The smallest absolute Gasteiger partial charge is 0.0927 e. The molecule has 5 heteroatoms. The van der Waals surface area contributed by atoms with Crippen molar-refractivity contribution >= 4 is 10.8 Å². The lowest BCUT2D eigenvalue weighted by atomic mass is 9.58. The van der Waals surface area contributed by atoms with E-state index in [1.807, 2.05) is 12.4 Å². The molecule has 4 aliphatic rings. The molecule has 35 heavy (non-hydrogen) atoms. The first-order valence-electron chi connectivity index (χ1n) is 13.2. The molecule has 6 atom stereocenters. The molecule has 0 bridgehead atoms. The first-order valence-corrected chi connectivity index (χ1v) is 13.2. The normalized spacial score (nSPS) is 36.2. The maximum Gasteiger partial charge on any atom is 0.0927 e. The second-order valence-corrected chi connectivity index (χ2v) is 11.4. The largest absolute Gasteiger partial charge is 0.400 e. The van der Waals surface area contributed by atoms with Crippen molar-refractivity contribution in [1.82, 2.24) is 10.0 Å². The van der Waals surface area contributed by atoms with Crippen molar-refractivity contribution in [3.63, 3.8) is 0 Å². The van der Waals surface area contributed by atoms with Crippen molar-refractivity contribution in [2.45, 2.75) is 75.9 Å². The number of nitrogens with zero attached hydrogens (tertiary/aromatic N) is 2. The van der Waals surface area contributed by atoms with Gasteiger partial charge in [-0.15, -0.1) is 0 Å². The van der Waals surface area contributed by atoms with Crippen molar-refractivity contribution in [2.24, 2.45) is 17.3 Å². The van der Waals surface area contributed by atoms with E-state index in [1.54, 1.807) is 7.05 Å². The van der Waals surface area contributed by atoms with Crippen LogP contribution >= 0.6 is 0 Å². The summed E-state index contributed by atoms with van der Waals surface area (Å²) in [7, 11) is 2.78. The van der Waals surface area contributed by atoms with E-state index < -0.39 is 5.60 Å². The number of hydrogen-bond acceptors (Lipinski definition) is 5. The first kappa shape index (κ1) is 24.6. The van der Waals surface area contributed by atoms with Crippen molar-refractivity contribution in [3.8, 4) is 0 Å². The van der Waals surface area contributed by atoms with Gasteiger partial charge in [0.2, 0.25) is 0 Å². The number of allylic oxidation sites excluding steroid dienone is 2. The van der Waals surface area contributed by atoms with E-state index in [9.17, 15) is 10.3 Å². The third-order valence-electron chi connectivity index (χ3n) is 9.83. The number of pyridine rings is 1. The number of rotatable bonds is 2. The Labute approximate surface area is 209 Å². The van der Waals surface area contributed by atoms with Crippen molar-refractivity contribution in [2.75, 3.05) is 14.2 Å². The van der Waals surface area contributed by atoms with E-state index >= 15 is 0 Å². The minimum Gasteiger partial charge on any atom is -0.400 e. The van der Waals surface area contributed by atoms with Crippen LogP contribution in [-0.2, 0) is 0 Å². The number of hydroxylamine groups is 2. The second kappa shape index (κ2) is 9.44. The lowest BCUT2D eigenvalue weighted by molar-refractivity contribution is -0.113. The Kier molecular flexibility index (Phi) is 6.64. The molecule has 2 fully saturated rings. The quantitative estimate of drug-likeness (QED) is 0.491. The van der Waals surface area contributed by atoms with Gasteiger partial charge in [-0.3, -0.25) is 4.98 Å². The lowest BCUT2D eigenvalue weighted by Crippen LogP contribution is -2.49. The lowest BCUT2D eigenvalue weighted by Gasteiger charge is -2.49. The molecular weight excluding hydrogens is 436 g/mol. The van der Waals surface area contributed by atoms with Gasteiger partial charge in [0, 0.05) is 38.0 Å². The molecule has 5 unspecified atom stereocenters. The van der Waals surface area contributed by atoms with Crippen LogP contribution in [0.4, 0.5) is 0 Å². The zero-order valence-corrected chi connectivity index (χ0v) is 21.3. The standard InChI is InChI=1S/C29H36N2O2.CH4O/c1-28-12-10-24-16-20-5-6-25(31(2)33)17-21(20)9-13-29(24,32)27(28)8-7-26(28)22-4-3-19-11-14-30-18-23(19)15-22;1-2/h3-4,10-11,14-16,18,21,25-27,32-33H,5-9,12-13,17H2,1-2H3;2H,1H3/t21?,25?,26?,27?,28?,29-;/m1./s1. The summed E-state index contributed by atoms with van der Waals surface area (Å²) in [6, 6.07) is 9.18. The minimum absolute atomic E-state index is 0.0655. The number of aliphatic hydroxyl groups is 2. The highest BCUT2D eigenvalue weighted by molar-refractivity contribution is 5.82. The summed E-state index contributed by atoms with van der Waals surface area (Å²) in [5, 5.41) is 33.1. The fourth-order valence-electron chi connectivity index (χ4n) is 7.94. The summed E-state index contributed by atoms with van der Waals surface area (Å²) in [6.07, 6.45) is 16.7. The van der Waals surface area contributed by atoms with Crippen molar-refractivity contribution < 1.29 is 15.4 Å². The molecule has 3 N–H and O–H groups in total. The molecule has 1 aromatic heterocycles. The molecule has 0 spiro atoms. The molecule has 1 aromatic carbocycles. The molecule has 188 valence electrons. The number of aromatic nitrogens is 1. The number of hydrogen-bond donors (Lipinski definition) is 3. The van der Waals surface area contributed by atoms with Crippen molar-refractivity contribution in [1.29, 1.82) is 0 Å². The monoisotopic (exact) mass is 476 g/mol. The summed E-state index contributed by atoms with van der Waals surface area (Å²) in [4.78, 5) is 4.33. The van der Waals surface area contributed by atoms with Gasteiger partial charge in [-0.25, -0.2) is 0 Å². The van der Waals surface area contributed by atoms with Gasteiger partial charge in [0.15, 0.2) is 0 Å². The van der Waals surface area contributed by atoms with Crippen LogP contribution in [0.3, 0.4) is 0 Å². The van der Waals surface area contributed by atoms with E-state index in [-0.39, 0.29) is 17.4 Å². The molecule has 0 aliphatic heterocycles. The summed E-state index contributed by atoms with van der Waals surface area (Å²) in [6.45, 7) is 2.43. The maximum atomic E-state index is 12.3. The highest BCUT2D eigenvalue weighted by atomic mass is 16.5. The van der Waals surface area contributed by atoms with E-state index in [2.05, 4.69) is 48.3 Å². The molecule has 0 amide bonds. The Morgan fingerprint density at radius 2 is 1.89 bits per heavy atom. The summed E-state index contributed by atoms with van der Waals surface area (Å²) in [5.41, 5.74) is 3.41. The number of aliphatic hydroxyl groups excluding tert-OH is 1. The Bertz CT molecular complexity index is 1140. The molecule has 5 nitrogen and oxygen atoms in total. The first-order chi connectivity index (χ1) is 16.9. The van der Waals surface area contributed by atoms with Crippen LogP contribution in [0.15, 0.2) is 60.0 Å². The third-order valence-corrected chi connectivity index (χ3v) is 9.83. The van der Waals surface area contributed by atoms with Crippen LogP contribution in [0.5, 0.6) is 0 Å². The fraction of sp³-hybridized carbons (Fsp3) is 0.567. The van der Waals surface area contributed by atoms with Gasteiger partial charge >= 0.3 is 0 Å². The van der Waals surface area contributed by atoms with Crippen LogP contribution in [0.1, 0.15) is 69.8 Å². The SMILES string of the molecule is CN(O)C1CCC2=CC3=CCC4(C)C(c5ccc6ccncc6c5)CCC4[C@@]3(O)CCC2C1.CO. The molecular formula is C30H40N2O3. The average molecular weight is 477 g/mol. The van der Waals surface area contributed by atoms with Gasteiger partial charge in [-0.1, -0.05) is 36.8 Å². The molecule has 2 aromatic rings. The van der Waals surface area contributed by atoms with E-state index in [1.165, 1.54) is 32.5 Å². The molecule has 0 radical (unpaired) electrons. The van der Waals surface area contributed by atoms with Gasteiger partial charge in [-0.05, 0) is 103 Å². The van der Waals surface area contributed by atoms with Crippen LogP contribution in [0.2, 0.25) is 0 Å². The average Bonchev–Trinajstić information content (AvgIpc) is 3.16. The molecule has 2 saturated carbocycles. The van der Waals surface area contributed by atoms with Gasteiger partial charge < -0.3 is 15.4 Å². The number of fused-ring (bicyclic) bond motifs is 5. The zero-order valence-electron chi connectivity index (χ0n) is 21.3. The van der Waals surface area contributed by atoms with Crippen LogP contribution in [0.25, 0.3) is 10.8 Å². The summed E-state index contributed by atoms with van der Waals surface area (Å²) in [5.74, 6) is 1.22. The van der Waals surface area contributed by atoms with E-state index in [0.29, 0.717) is 11.8 Å². The minimum atomic E-state index is -0.731. The third kappa shape index (κ3) is 4.07. The summed E-state index contributed by atoms with van der Waals surface area (Å²) < 4.78 is 0. The Morgan fingerprint density at radius 3 is 2.69 bits per heavy atom. The Hall–Kier alpha value is -2.05. The van der Waals surface area contributed by atoms with Gasteiger partial charge in [-0.2, -0.15) is 5.06 Å². The van der Waals surface area contributed by atoms with Crippen LogP contribution < -0.4 is 0 Å². The molecule has 6 rings (SSSR count). The topological polar surface area (TPSA) is 76.8 Å². The number of benzene rings is 1. The predicted molar refractivity (Wildman–Crippen MR) is 139 cm³/mol. The van der Waals surface area contributed by atoms with E-state index in [0.717, 1.165) is 58.5 Å². The molecule has 1 heterocycles. The Balaban J connectivity index is 0.00000124. The fourth-order valence-corrected chi connectivity index (χ4v) is 7.94.